The van der Waals surface area contributed by atoms with Crippen molar-refractivity contribution in [3.05, 3.63) is 83.5 Å². The second-order valence-corrected chi connectivity index (χ2v) is 14.5. The first-order chi connectivity index (χ1) is 26.6. The molecule has 2 aliphatic rings. The van der Waals surface area contributed by atoms with Crippen molar-refractivity contribution in [2.45, 2.75) is 52.6 Å². The Kier molecular flexibility index (Phi) is 18.1. The Morgan fingerprint density at radius 2 is 1.30 bits per heavy atom. The molecule has 2 aromatic carbocycles. The summed E-state index contributed by atoms with van der Waals surface area (Å²) in [4.78, 5) is 35.3. The van der Waals surface area contributed by atoms with Gasteiger partial charge in [0.25, 0.3) is 0 Å². The van der Waals surface area contributed by atoms with Crippen LogP contribution in [-0.4, -0.2) is 110 Å². The SMILES string of the molecule is CN1CCCC(CN)C1.Cc1cc(-c2ncn(/C=C\C(=O)O)n2)cc(C(F)(F)F)c1.Cc1cc(C)cc(-c2ncn(/C=C\C(=O)NCC3CCCN(C)C3)n2)c1.S. The van der Waals surface area contributed by atoms with E-state index in [2.05, 4.69) is 81.4 Å². The molecule has 13 nitrogen and oxygen atoms in total. The van der Waals surface area contributed by atoms with Gasteiger partial charge in [-0.05, 0) is 128 Å². The molecule has 2 aromatic heterocycles. The van der Waals surface area contributed by atoms with E-state index in [1.807, 2.05) is 0 Å². The third kappa shape index (κ3) is 15.9. The molecule has 2 aliphatic heterocycles. The molecule has 2 fully saturated rings. The number of rotatable bonds is 9. The van der Waals surface area contributed by atoms with Crippen molar-refractivity contribution in [2.75, 3.05) is 53.4 Å². The standard InChI is InChI=1S/C20H27N5O.C13H10F3N3O2.C7H16N2.H2S/c1-15-9-16(2)11-18(10-15)20-22-14-25(23-20)8-6-19(26)21-12-17-5-4-7-24(3)13-17;1-8-4-9(6-10(5-8)13(14,15)16)12-17-7-19(18-12)3-2-11(20)21;1-9-4-2-3-7(5-8)6-9;/h6,8-11,14,17H,4-5,7,12-13H2,1-3H3,(H,21,26);2-7H,1H3,(H,20,21);7H,2-6,8H2,1H3;1H2/b8-6-;3-2-;;. The Morgan fingerprint density at radius 3 is 1.79 bits per heavy atom. The fraction of sp³-hybridized carbons (Fsp3) is 0.450. The van der Waals surface area contributed by atoms with E-state index < -0.39 is 17.7 Å². The van der Waals surface area contributed by atoms with Gasteiger partial charge in [0.05, 0.1) is 5.56 Å². The summed E-state index contributed by atoms with van der Waals surface area (Å²) in [6, 6.07) is 9.75. The molecular weight excluding hydrogens is 758 g/mol. The van der Waals surface area contributed by atoms with Gasteiger partial charge in [-0.15, -0.1) is 10.2 Å². The summed E-state index contributed by atoms with van der Waals surface area (Å²) in [7, 11) is 4.30. The van der Waals surface area contributed by atoms with Gasteiger partial charge < -0.3 is 26.0 Å². The zero-order chi connectivity index (χ0) is 40.8. The molecule has 0 saturated carbocycles. The van der Waals surface area contributed by atoms with E-state index >= 15 is 0 Å². The number of benzene rings is 2. The number of nitrogens with two attached hydrogens (primary N) is 1. The first kappa shape index (κ1) is 46.5. The smallest absolute Gasteiger partial charge is 0.416 e. The zero-order valence-corrected chi connectivity index (χ0v) is 34.2. The van der Waals surface area contributed by atoms with E-state index in [4.69, 9.17) is 10.8 Å². The fourth-order valence-corrected chi connectivity index (χ4v) is 6.63. The monoisotopic (exact) mass is 812 g/mol. The topological polar surface area (TPSA) is 160 Å². The van der Waals surface area contributed by atoms with Crippen LogP contribution in [0.3, 0.4) is 0 Å². The van der Waals surface area contributed by atoms with Gasteiger partial charge >= 0.3 is 12.1 Å². The third-order valence-corrected chi connectivity index (χ3v) is 9.25. The number of aliphatic carboxylic acids is 1. The van der Waals surface area contributed by atoms with Crippen LogP contribution in [0, 0.1) is 32.6 Å². The number of alkyl halides is 3. The van der Waals surface area contributed by atoms with Gasteiger partial charge in [0.1, 0.15) is 12.7 Å². The van der Waals surface area contributed by atoms with Crippen LogP contribution in [0.1, 0.15) is 47.9 Å². The van der Waals surface area contributed by atoms with E-state index in [-0.39, 0.29) is 30.8 Å². The number of halogens is 3. The number of hydrogen-bond acceptors (Lipinski definition) is 9. The second kappa shape index (κ2) is 22.2. The van der Waals surface area contributed by atoms with Crippen LogP contribution in [0.15, 0.2) is 61.2 Å². The molecule has 0 radical (unpaired) electrons. The number of amides is 1. The Morgan fingerprint density at radius 1 is 0.807 bits per heavy atom. The number of aryl methyl sites for hydroxylation is 3. The molecule has 0 bridgehead atoms. The molecule has 0 spiro atoms. The third-order valence-electron chi connectivity index (χ3n) is 9.25. The maximum atomic E-state index is 12.8. The number of carboxylic acids is 1. The van der Waals surface area contributed by atoms with Crippen LogP contribution >= 0.6 is 13.5 Å². The first-order valence-electron chi connectivity index (χ1n) is 18.6. The van der Waals surface area contributed by atoms with Crippen LogP contribution in [0.5, 0.6) is 0 Å². The Balaban J connectivity index is 0.000000251. The highest BCUT2D eigenvalue weighted by molar-refractivity contribution is 7.59. The van der Waals surface area contributed by atoms with Gasteiger partial charge in [0.15, 0.2) is 11.6 Å². The maximum Gasteiger partial charge on any atom is 0.416 e. The number of aromatic nitrogens is 6. The van der Waals surface area contributed by atoms with Crippen LogP contribution in [0.4, 0.5) is 13.2 Å². The van der Waals surface area contributed by atoms with Crippen molar-refractivity contribution < 1.29 is 27.9 Å². The van der Waals surface area contributed by atoms with E-state index in [0.717, 1.165) is 66.8 Å². The van der Waals surface area contributed by atoms with Crippen LogP contribution < -0.4 is 11.1 Å². The lowest BCUT2D eigenvalue weighted by Crippen LogP contribution is -2.38. The zero-order valence-electron chi connectivity index (χ0n) is 33.2. The number of hydrogen-bond donors (Lipinski definition) is 3. The molecule has 0 aliphatic carbocycles. The summed E-state index contributed by atoms with van der Waals surface area (Å²) in [6.07, 6.45) is 8.55. The average molecular weight is 813 g/mol. The summed E-state index contributed by atoms with van der Waals surface area (Å²) in [5, 5.41) is 19.8. The van der Waals surface area contributed by atoms with Crippen molar-refractivity contribution >= 4 is 37.8 Å². The minimum Gasteiger partial charge on any atom is -0.478 e. The number of carbonyl (C=O) groups is 2. The second-order valence-electron chi connectivity index (χ2n) is 14.5. The molecule has 17 heteroatoms. The molecule has 1 amide bonds. The Labute approximate surface area is 339 Å². The van der Waals surface area contributed by atoms with Crippen LogP contribution in [0.25, 0.3) is 35.2 Å². The van der Waals surface area contributed by atoms with Gasteiger partial charge in [0, 0.05) is 55.3 Å². The summed E-state index contributed by atoms with van der Waals surface area (Å²) in [5.74, 6) is 0.785. The lowest BCUT2D eigenvalue weighted by atomic mass is 9.98. The number of carbonyl (C=O) groups excluding carboxylic acids is 1. The first-order valence-corrected chi connectivity index (χ1v) is 18.6. The highest BCUT2D eigenvalue weighted by Gasteiger charge is 2.31. The number of nitrogens with zero attached hydrogens (tertiary/aromatic N) is 8. The van der Waals surface area contributed by atoms with E-state index in [1.54, 1.807) is 24.1 Å². The summed E-state index contributed by atoms with van der Waals surface area (Å²) < 4.78 is 40.9. The molecule has 2 saturated heterocycles. The number of likely N-dealkylation sites (tertiary alicyclic amines) is 2. The Hall–Kier alpha value is -4.84. The van der Waals surface area contributed by atoms with Gasteiger partial charge in [-0.3, -0.25) is 4.79 Å². The van der Waals surface area contributed by atoms with E-state index in [9.17, 15) is 22.8 Å². The predicted molar refractivity (Wildman–Crippen MR) is 221 cm³/mol. The van der Waals surface area contributed by atoms with Gasteiger partial charge in [-0.1, -0.05) is 17.2 Å². The average Bonchev–Trinajstić information content (AvgIpc) is 3.83. The number of piperidine rings is 2. The molecule has 2 unspecified atom stereocenters. The molecule has 4 N–H and O–H groups in total. The maximum absolute atomic E-state index is 12.8. The minimum atomic E-state index is -4.45. The summed E-state index contributed by atoms with van der Waals surface area (Å²) in [5.41, 5.74) is 8.74. The van der Waals surface area contributed by atoms with E-state index in [1.165, 1.54) is 68.4 Å². The molecule has 6 rings (SSSR count). The van der Waals surface area contributed by atoms with Crippen LogP contribution in [-0.2, 0) is 15.8 Å². The largest absolute Gasteiger partial charge is 0.478 e. The van der Waals surface area contributed by atoms with Crippen molar-refractivity contribution in [2.24, 2.45) is 17.6 Å². The molecule has 310 valence electrons. The Bertz CT molecular complexity index is 1940. The van der Waals surface area contributed by atoms with Gasteiger partial charge in [0.2, 0.25) is 5.91 Å². The lowest BCUT2D eigenvalue weighted by molar-refractivity contribution is -0.137. The molecular formula is C40H55F3N10O3S. The predicted octanol–water partition coefficient (Wildman–Crippen LogP) is 5.72. The highest BCUT2D eigenvalue weighted by Crippen LogP contribution is 2.32. The van der Waals surface area contributed by atoms with Crippen molar-refractivity contribution in [3.8, 4) is 22.8 Å². The molecule has 4 heterocycles. The van der Waals surface area contributed by atoms with E-state index in [0.29, 0.717) is 17.3 Å². The molecule has 2 atom stereocenters. The minimum absolute atomic E-state index is 0. The van der Waals surface area contributed by atoms with Gasteiger partial charge in [-0.25, -0.2) is 24.1 Å². The summed E-state index contributed by atoms with van der Waals surface area (Å²) >= 11 is 0. The molecule has 4 aromatic rings. The molecule has 57 heavy (non-hydrogen) atoms. The van der Waals surface area contributed by atoms with Gasteiger partial charge in [-0.2, -0.15) is 26.7 Å². The summed E-state index contributed by atoms with van der Waals surface area (Å²) in [6.45, 7) is 11.9. The van der Waals surface area contributed by atoms with Crippen molar-refractivity contribution in [3.63, 3.8) is 0 Å². The van der Waals surface area contributed by atoms with Crippen molar-refractivity contribution in [1.82, 2.24) is 44.6 Å². The number of carboxylic acid groups (broad SMARTS) is 1. The van der Waals surface area contributed by atoms with Crippen molar-refractivity contribution in [1.29, 1.82) is 0 Å². The number of nitrogens with one attached hydrogen (secondary N) is 1. The lowest BCUT2D eigenvalue weighted by Gasteiger charge is -2.29. The van der Waals surface area contributed by atoms with Crippen LogP contribution in [0.2, 0.25) is 0 Å². The highest BCUT2D eigenvalue weighted by atomic mass is 32.1. The quantitative estimate of drug-likeness (QED) is 0.179. The fourth-order valence-electron chi connectivity index (χ4n) is 6.63. The normalized spacial score (nSPS) is 17.6.